The summed E-state index contributed by atoms with van der Waals surface area (Å²) in [5, 5.41) is 4.84. The van der Waals surface area contributed by atoms with Crippen LogP contribution in [0, 0.1) is 13.8 Å². The predicted molar refractivity (Wildman–Crippen MR) is 87.4 cm³/mol. The standard InChI is InChI=1S/C17H24N2S/c1-6-15-10-18-17(20-15)14(5)19-13(4)16-8-7-11(2)9-12(16)3/h7-10,13-14,19H,6H2,1-5H3. The van der Waals surface area contributed by atoms with Crippen molar-refractivity contribution in [1.82, 2.24) is 10.3 Å². The number of rotatable bonds is 5. The van der Waals surface area contributed by atoms with Gasteiger partial charge in [0.1, 0.15) is 5.01 Å². The molecule has 1 aromatic heterocycles. The average Bonchev–Trinajstić information content (AvgIpc) is 2.87. The minimum atomic E-state index is 0.288. The smallest absolute Gasteiger partial charge is 0.109 e. The van der Waals surface area contributed by atoms with Gasteiger partial charge in [-0.25, -0.2) is 4.98 Å². The molecule has 108 valence electrons. The van der Waals surface area contributed by atoms with E-state index in [0.717, 1.165) is 6.42 Å². The second-order valence-electron chi connectivity index (χ2n) is 5.49. The molecule has 0 aliphatic heterocycles. The molecule has 20 heavy (non-hydrogen) atoms. The summed E-state index contributed by atoms with van der Waals surface area (Å²) in [5.74, 6) is 0. The summed E-state index contributed by atoms with van der Waals surface area (Å²) in [4.78, 5) is 5.88. The zero-order valence-electron chi connectivity index (χ0n) is 13.0. The summed E-state index contributed by atoms with van der Waals surface area (Å²) in [6.07, 6.45) is 3.07. The molecule has 0 aliphatic carbocycles. The highest BCUT2D eigenvalue weighted by Crippen LogP contribution is 2.25. The van der Waals surface area contributed by atoms with Crippen molar-refractivity contribution in [2.24, 2.45) is 0 Å². The summed E-state index contributed by atoms with van der Waals surface area (Å²) in [5.41, 5.74) is 4.04. The lowest BCUT2D eigenvalue weighted by molar-refractivity contribution is 0.491. The van der Waals surface area contributed by atoms with E-state index >= 15 is 0 Å². The van der Waals surface area contributed by atoms with Crippen molar-refractivity contribution in [2.75, 3.05) is 0 Å². The minimum absolute atomic E-state index is 0.288. The van der Waals surface area contributed by atoms with Gasteiger partial charge in [0.2, 0.25) is 0 Å². The molecule has 2 unspecified atom stereocenters. The van der Waals surface area contributed by atoms with Crippen molar-refractivity contribution >= 4 is 11.3 Å². The van der Waals surface area contributed by atoms with Crippen LogP contribution in [0.15, 0.2) is 24.4 Å². The van der Waals surface area contributed by atoms with E-state index < -0.39 is 0 Å². The Kier molecular flexibility index (Phi) is 4.95. The maximum Gasteiger partial charge on any atom is 0.109 e. The Morgan fingerprint density at radius 1 is 1.20 bits per heavy atom. The van der Waals surface area contributed by atoms with Crippen LogP contribution in [0.2, 0.25) is 0 Å². The first-order valence-electron chi connectivity index (χ1n) is 7.29. The van der Waals surface area contributed by atoms with Gasteiger partial charge in [-0.15, -0.1) is 11.3 Å². The summed E-state index contributed by atoms with van der Waals surface area (Å²) in [7, 11) is 0. The fraction of sp³-hybridized carbons (Fsp3) is 0.471. The van der Waals surface area contributed by atoms with Gasteiger partial charge in [-0.3, -0.25) is 0 Å². The van der Waals surface area contributed by atoms with E-state index in [0.29, 0.717) is 6.04 Å². The average molecular weight is 288 g/mol. The number of nitrogens with zero attached hydrogens (tertiary/aromatic N) is 1. The Bertz CT molecular complexity index is 574. The van der Waals surface area contributed by atoms with Gasteiger partial charge in [0, 0.05) is 17.1 Å². The topological polar surface area (TPSA) is 24.9 Å². The van der Waals surface area contributed by atoms with Crippen molar-refractivity contribution in [3.05, 3.63) is 51.0 Å². The number of benzene rings is 1. The predicted octanol–water partition coefficient (Wildman–Crippen LogP) is 4.73. The summed E-state index contributed by atoms with van der Waals surface area (Å²) in [6.45, 7) is 10.9. The van der Waals surface area contributed by atoms with Crippen LogP contribution >= 0.6 is 11.3 Å². The highest BCUT2D eigenvalue weighted by Gasteiger charge is 2.15. The van der Waals surface area contributed by atoms with E-state index in [1.807, 2.05) is 17.5 Å². The van der Waals surface area contributed by atoms with Crippen LogP contribution in [0.5, 0.6) is 0 Å². The van der Waals surface area contributed by atoms with E-state index in [9.17, 15) is 0 Å². The molecule has 0 saturated carbocycles. The summed E-state index contributed by atoms with van der Waals surface area (Å²) < 4.78 is 0. The largest absolute Gasteiger partial charge is 0.302 e. The molecule has 0 bridgehead atoms. The fourth-order valence-electron chi connectivity index (χ4n) is 2.53. The van der Waals surface area contributed by atoms with Gasteiger partial charge in [0.15, 0.2) is 0 Å². The number of nitrogens with one attached hydrogen (secondary N) is 1. The maximum absolute atomic E-state index is 4.53. The van der Waals surface area contributed by atoms with Crippen LogP contribution in [-0.4, -0.2) is 4.98 Å². The number of aryl methyl sites for hydroxylation is 3. The molecular weight excluding hydrogens is 264 g/mol. The third-order valence-electron chi connectivity index (χ3n) is 3.68. The third-order valence-corrected chi connectivity index (χ3v) is 5.01. The van der Waals surface area contributed by atoms with Crippen molar-refractivity contribution in [1.29, 1.82) is 0 Å². The van der Waals surface area contributed by atoms with Crippen molar-refractivity contribution < 1.29 is 0 Å². The van der Waals surface area contributed by atoms with Crippen LogP contribution in [0.1, 0.15) is 59.4 Å². The van der Waals surface area contributed by atoms with Gasteiger partial charge in [-0.1, -0.05) is 30.7 Å². The number of thiazole rings is 1. The second kappa shape index (κ2) is 6.51. The van der Waals surface area contributed by atoms with Crippen molar-refractivity contribution in [2.45, 2.75) is 53.1 Å². The molecule has 0 radical (unpaired) electrons. The lowest BCUT2D eigenvalue weighted by Gasteiger charge is -2.20. The maximum atomic E-state index is 4.53. The first kappa shape index (κ1) is 15.2. The van der Waals surface area contributed by atoms with Gasteiger partial charge >= 0.3 is 0 Å². The van der Waals surface area contributed by atoms with Crippen molar-refractivity contribution in [3.63, 3.8) is 0 Å². The molecule has 2 aromatic rings. The highest BCUT2D eigenvalue weighted by molar-refractivity contribution is 7.11. The van der Waals surface area contributed by atoms with E-state index in [1.54, 1.807) is 0 Å². The number of hydrogen-bond donors (Lipinski definition) is 1. The molecule has 2 rings (SSSR count). The highest BCUT2D eigenvalue weighted by atomic mass is 32.1. The Labute approximate surface area is 126 Å². The monoisotopic (exact) mass is 288 g/mol. The molecule has 2 atom stereocenters. The SMILES string of the molecule is CCc1cnc(C(C)NC(C)c2ccc(C)cc2C)s1. The lowest BCUT2D eigenvalue weighted by Crippen LogP contribution is -2.23. The van der Waals surface area contributed by atoms with Crippen molar-refractivity contribution in [3.8, 4) is 0 Å². The molecule has 0 saturated heterocycles. The van der Waals surface area contributed by atoms with Crippen LogP contribution in [0.3, 0.4) is 0 Å². The molecule has 2 nitrogen and oxygen atoms in total. The van der Waals surface area contributed by atoms with Crippen LogP contribution in [0.4, 0.5) is 0 Å². The second-order valence-corrected chi connectivity index (χ2v) is 6.64. The molecular formula is C17H24N2S. The Balaban J connectivity index is 2.08. The number of hydrogen-bond acceptors (Lipinski definition) is 3. The van der Waals surface area contributed by atoms with Crippen LogP contribution in [0.25, 0.3) is 0 Å². The molecule has 0 spiro atoms. The van der Waals surface area contributed by atoms with Gasteiger partial charge in [-0.05, 0) is 45.2 Å². The normalized spacial score (nSPS) is 14.2. The Morgan fingerprint density at radius 3 is 2.55 bits per heavy atom. The minimum Gasteiger partial charge on any atom is -0.302 e. The zero-order valence-corrected chi connectivity index (χ0v) is 13.8. The van der Waals surface area contributed by atoms with E-state index in [2.05, 4.69) is 63.1 Å². The molecule has 0 amide bonds. The van der Waals surface area contributed by atoms with E-state index in [1.165, 1.54) is 26.6 Å². The molecule has 1 N–H and O–H groups in total. The van der Waals surface area contributed by atoms with E-state index in [-0.39, 0.29) is 6.04 Å². The Hall–Kier alpha value is -1.19. The third kappa shape index (κ3) is 3.47. The molecule has 1 aromatic carbocycles. The van der Waals surface area contributed by atoms with Gasteiger partial charge in [0.05, 0.1) is 6.04 Å². The summed E-state index contributed by atoms with van der Waals surface area (Å²) >= 11 is 1.81. The summed E-state index contributed by atoms with van der Waals surface area (Å²) in [6, 6.07) is 7.28. The van der Waals surface area contributed by atoms with Crippen LogP contribution in [-0.2, 0) is 6.42 Å². The quantitative estimate of drug-likeness (QED) is 0.860. The molecule has 3 heteroatoms. The molecule has 0 fully saturated rings. The van der Waals surface area contributed by atoms with Gasteiger partial charge in [0.25, 0.3) is 0 Å². The Morgan fingerprint density at radius 2 is 1.95 bits per heavy atom. The van der Waals surface area contributed by atoms with E-state index in [4.69, 9.17) is 0 Å². The molecule has 0 aliphatic rings. The first-order valence-corrected chi connectivity index (χ1v) is 8.10. The zero-order chi connectivity index (χ0) is 14.7. The lowest BCUT2D eigenvalue weighted by atomic mass is 10.00. The fourth-order valence-corrected chi connectivity index (χ4v) is 3.40. The first-order chi connectivity index (χ1) is 9.51. The van der Waals surface area contributed by atoms with Gasteiger partial charge < -0.3 is 5.32 Å². The van der Waals surface area contributed by atoms with Crippen LogP contribution < -0.4 is 5.32 Å². The number of aromatic nitrogens is 1. The molecule has 1 heterocycles. The van der Waals surface area contributed by atoms with Gasteiger partial charge in [-0.2, -0.15) is 0 Å².